The van der Waals surface area contributed by atoms with Crippen molar-refractivity contribution in [3.63, 3.8) is 0 Å². The predicted octanol–water partition coefficient (Wildman–Crippen LogP) is 2.79. The lowest BCUT2D eigenvalue weighted by Crippen LogP contribution is -2.43. The number of halogens is 1. The molecule has 6 heteroatoms. The lowest BCUT2D eigenvalue weighted by molar-refractivity contribution is -0.133. The summed E-state index contributed by atoms with van der Waals surface area (Å²) in [4.78, 5) is 29.6. The van der Waals surface area contributed by atoms with Gasteiger partial charge in [0.15, 0.2) is 0 Å². The molecule has 1 aromatic carbocycles. The summed E-state index contributed by atoms with van der Waals surface area (Å²) in [6.45, 7) is 6.65. The molecule has 0 aliphatic carbocycles. The van der Waals surface area contributed by atoms with Gasteiger partial charge in [-0.25, -0.2) is 4.39 Å². The van der Waals surface area contributed by atoms with Crippen molar-refractivity contribution in [1.82, 2.24) is 9.88 Å². The maximum Gasteiger partial charge on any atom is 0.252 e. The molecule has 0 aliphatic rings. The molecule has 1 atom stereocenters. The largest absolute Gasteiger partial charge is 0.383 e. The first-order valence-corrected chi connectivity index (χ1v) is 8.52. The Morgan fingerprint density at radius 3 is 2.68 bits per heavy atom. The molecule has 1 amide bonds. The molecule has 0 saturated carbocycles. The maximum atomic E-state index is 13.5. The number of aromatic amines is 1. The van der Waals surface area contributed by atoms with Crippen LogP contribution in [0.2, 0.25) is 0 Å². The average molecular weight is 348 g/mol. The fourth-order valence-electron chi connectivity index (χ4n) is 3.19. The number of nitrogens with one attached hydrogen (secondary N) is 1. The second-order valence-corrected chi connectivity index (χ2v) is 6.12. The number of fused-ring (bicyclic) bond motifs is 1. The van der Waals surface area contributed by atoms with Crippen molar-refractivity contribution in [2.75, 3.05) is 20.3 Å². The molecule has 25 heavy (non-hydrogen) atoms. The Kier molecular flexibility index (Phi) is 6.31. The van der Waals surface area contributed by atoms with E-state index in [9.17, 15) is 14.0 Å². The number of pyridine rings is 1. The zero-order chi connectivity index (χ0) is 18.6. The molecule has 5 nitrogen and oxygen atoms in total. The number of methoxy groups -OCH3 is 1. The molecule has 0 fully saturated rings. The Bertz CT molecular complexity index is 816. The molecule has 136 valence electrons. The second-order valence-electron chi connectivity index (χ2n) is 6.12. The third-order valence-corrected chi connectivity index (χ3v) is 4.62. The number of H-pyrrole nitrogens is 1. The van der Waals surface area contributed by atoms with Crippen molar-refractivity contribution < 1.29 is 13.9 Å². The van der Waals surface area contributed by atoms with Crippen LogP contribution in [0.25, 0.3) is 10.9 Å². The van der Waals surface area contributed by atoms with Crippen LogP contribution < -0.4 is 5.56 Å². The quantitative estimate of drug-likeness (QED) is 0.837. The first-order chi connectivity index (χ1) is 11.9. The van der Waals surface area contributed by atoms with Gasteiger partial charge in [0.25, 0.3) is 5.56 Å². The van der Waals surface area contributed by atoms with Crippen LogP contribution in [-0.4, -0.2) is 42.1 Å². The lowest BCUT2D eigenvalue weighted by atomic mass is 10.0. The van der Waals surface area contributed by atoms with Crippen LogP contribution in [0, 0.1) is 12.7 Å². The van der Waals surface area contributed by atoms with Crippen LogP contribution >= 0.6 is 0 Å². The van der Waals surface area contributed by atoms with Gasteiger partial charge in [-0.05, 0) is 44.0 Å². The highest BCUT2D eigenvalue weighted by Gasteiger charge is 2.23. The van der Waals surface area contributed by atoms with E-state index in [1.54, 1.807) is 18.9 Å². The summed E-state index contributed by atoms with van der Waals surface area (Å²) in [6, 6.07) is 4.19. The van der Waals surface area contributed by atoms with Crippen LogP contribution in [0.5, 0.6) is 0 Å². The number of aromatic nitrogens is 1. The number of nitrogens with zero attached hydrogens (tertiary/aromatic N) is 1. The molecule has 1 aromatic heterocycles. The van der Waals surface area contributed by atoms with Gasteiger partial charge < -0.3 is 14.6 Å². The molecule has 0 radical (unpaired) electrons. The van der Waals surface area contributed by atoms with Crippen LogP contribution in [0.3, 0.4) is 0 Å². The summed E-state index contributed by atoms with van der Waals surface area (Å²) in [6.07, 6.45) is 0.757. The highest BCUT2D eigenvalue weighted by molar-refractivity contribution is 5.85. The second kappa shape index (κ2) is 8.25. The van der Waals surface area contributed by atoms with Crippen molar-refractivity contribution in [3.8, 4) is 0 Å². The van der Waals surface area contributed by atoms with Crippen LogP contribution in [0.4, 0.5) is 4.39 Å². The number of benzene rings is 1. The van der Waals surface area contributed by atoms with E-state index in [-0.39, 0.29) is 29.7 Å². The highest BCUT2D eigenvalue weighted by Crippen LogP contribution is 2.19. The summed E-state index contributed by atoms with van der Waals surface area (Å²) in [7, 11) is 1.60. The van der Waals surface area contributed by atoms with E-state index < -0.39 is 0 Å². The summed E-state index contributed by atoms with van der Waals surface area (Å²) >= 11 is 0. The van der Waals surface area contributed by atoms with Gasteiger partial charge in [0.05, 0.1) is 19.1 Å². The molecule has 2 aromatic rings. The molecule has 0 aliphatic heterocycles. The van der Waals surface area contributed by atoms with E-state index in [0.717, 1.165) is 6.42 Å². The Labute approximate surface area is 146 Å². The Morgan fingerprint density at radius 2 is 2.08 bits per heavy atom. The first-order valence-electron chi connectivity index (χ1n) is 8.52. The third kappa shape index (κ3) is 4.07. The molecule has 2 rings (SSSR count). The first kappa shape index (κ1) is 19.1. The molecule has 0 spiro atoms. The average Bonchev–Trinajstić information content (AvgIpc) is 2.59. The van der Waals surface area contributed by atoms with Crippen molar-refractivity contribution in [1.29, 1.82) is 0 Å². The van der Waals surface area contributed by atoms with E-state index in [1.807, 2.05) is 13.8 Å². The third-order valence-electron chi connectivity index (χ3n) is 4.62. The number of rotatable bonds is 7. The summed E-state index contributed by atoms with van der Waals surface area (Å²) < 4.78 is 18.7. The molecular weight excluding hydrogens is 323 g/mol. The molecular formula is C19H25FN2O3. The maximum absolute atomic E-state index is 13.5. The van der Waals surface area contributed by atoms with Crippen LogP contribution in [-0.2, 0) is 16.0 Å². The Morgan fingerprint density at radius 1 is 1.36 bits per heavy atom. The van der Waals surface area contributed by atoms with Crippen molar-refractivity contribution >= 4 is 16.8 Å². The summed E-state index contributed by atoms with van der Waals surface area (Å²) in [5, 5.41) is 0.620. The molecule has 0 bridgehead atoms. The molecule has 1 unspecified atom stereocenters. The van der Waals surface area contributed by atoms with E-state index in [1.165, 1.54) is 18.2 Å². The van der Waals surface area contributed by atoms with Crippen LogP contribution in [0.1, 0.15) is 31.4 Å². The number of carbonyl (C=O) groups excluding carboxylic acids is 1. The number of amides is 1. The van der Waals surface area contributed by atoms with Gasteiger partial charge in [-0.2, -0.15) is 0 Å². The predicted molar refractivity (Wildman–Crippen MR) is 96.3 cm³/mol. The summed E-state index contributed by atoms with van der Waals surface area (Å²) in [5.41, 5.74) is 1.29. The molecule has 1 N–H and O–H groups in total. The fraction of sp³-hybridized carbons (Fsp3) is 0.474. The van der Waals surface area contributed by atoms with Gasteiger partial charge in [0.2, 0.25) is 5.91 Å². The van der Waals surface area contributed by atoms with E-state index >= 15 is 0 Å². The summed E-state index contributed by atoms with van der Waals surface area (Å²) in [5.74, 6) is -0.503. The fourth-order valence-corrected chi connectivity index (χ4v) is 3.19. The number of hydrogen-bond donors (Lipinski definition) is 1. The van der Waals surface area contributed by atoms with E-state index in [4.69, 9.17) is 4.74 Å². The standard InChI is InChI=1S/C19H25FN2O3/c1-5-14(11-25-4)22(6-2)18(23)10-16-12(3)15-9-13(20)7-8-17(15)21-19(16)24/h7-9,14H,5-6,10-11H2,1-4H3,(H,21,24). The number of aryl methyl sites for hydroxylation is 1. The molecule has 1 heterocycles. The van der Waals surface area contributed by atoms with Crippen molar-refractivity contribution in [3.05, 3.63) is 45.5 Å². The number of carbonyl (C=O) groups is 1. The normalized spacial score (nSPS) is 12.4. The minimum absolute atomic E-state index is 0.0122. The zero-order valence-electron chi connectivity index (χ0n) is 15.2. The minimum Gasteiger partial charge on any atom is -0.383 e. The Hall–Kier alpha value is -2.21. The van der Waals surface area contributed by atoms with Gasteiger partial charge in [0, 0.05) is 30.1 Å². The monoisotopic (exact) mass is 348 g/mol. The van der Waals surface area contributed by atoms with E-state index in [0.29, 0.717) is 35.2 Å². The Balaban J connectivity index is 2.38. The zero-order valence-corrected chi connectivity index (χ0v) is 15.2. The number of likely N-dealkylation sites (N-methyl/N-ethyl adjacent to an activating group) is 1. The molecule has 0 saturated heterocycles. The van der Waals surface area contributed by atoms with Gasteiger partial charge >= 0.3 is 0 Å². The van der Waals surface area contributed by atoms with Crippen molar-refractivity contribution in [2.24, 2.45) is 0 Å². The van der Waals surface area contributed by atoms with Gasteiger partial charge in [-0.15, -0.1) is 0 Å². The van der Waals surface area contributed by atoms with Gasteiger partial charge in [-0.1, -0.05) is 6.92 Å². The highest BCUT2D eigenvalue weighted by atomic mass is 19.1. The smallest absolute Gasteiger partial charge is 0.252 e. The topological polar surface area (TPSA) is 62.4 Å². The SMILES string of the molecule is CCC(COC)N(CC)C(=O)Cc1c(C)c2cc(F)ccc2[nH]c1=O. The minimum atomic E-state index is -0.374. The van der Waals surface area contributed by atoms with Crippen LogP contribution in [0.15, 0.2) is 23.0 Å². The number of hydrogen-bond acceptors (Lipinski definition) is 3. The van der Waals surface area contributed by atoms with Crippen molar-refractivity contribution in [2.45, 2.75) is 39.7 Å². The lowest BCUT2D eigenvalue weighted by Gasteiger charge is -2.30. The van der Waals surface area contributed by atoms with E-state index in [2.05, 4.69) is 4.98 Å². The number of ether oxygens (including phenoxy) is 1. The van der Waals surface area contributed by atoms with Gasteiger partial charge in [-0.3, -0.25) is 9.59 Å². The van der Waals surface area contributed by atoms with Gasteiger partial charge in [0.1, 0.15) is 5.82 Å².